The van der Waals surface area contributed by atoms with Crippen LogP contribution in [0.2, 0.25) is 5.02 Å². The molecule has 3 aliphatic rings. The van der Waals surface area contributed by atoms with Crippen LogP contribution in [0.15, 0.2) is 34.5 Å². The van der Waals surface area contributed by atoms with Gasteiger partial charge in [-0.25, -0.2) is 4.79 Å². The van der Waals surface area contributed by atoms with Gasteiger partial charge in [-0.1, -0.05) is 23.7 Å². The number of ketones is 1. The van der Waals surface area contributed by atoms with E-state index in [-0.39, 0.29) is 30.2 Å². The highest BCUT2D eigenvalue weighted by Gasteiger charge is 2.47. The van der Waals surface area contributed by atoms with Gasteiger partial charge < -0.3 is 4.74 Å². The van der Waals surface area contributed by atoms with Gasteiger partial charge in [-0.2, -0.15) is 0 Å². The van der Waals surface area contributed by atoms with Crippen LogP contribution in [0.1, 0.15) is 29.9 Å². The standard InChI is InChI=1S/C17H14ClNO3/c1-8-6-9(2-3-10(8)18)14-15-11(4-5-13(15)20)19-12-7-22-17(21)16(12)14/h2-3,6,14-15H,4-5,7H2,1H3. The lowest BCUT2D eigenvalue weighted by molar-refractivity contribution is -0.136. The fourth-order valence-electron chi connectivity index (χ4n) is 3.62. The summed E-state index contributed by atoms with van der Waals surface area (Å²) in [5.74, 6) is -0.814. The number of Topliss-reactive ketones (excluding diaryl/α,β-unsaturated/α-hetero) is 1. The highest BCUT2D eigenvalue weighted by atomic mass is 35.5. The average Bonchev–Trinajstić information content (AvgIpc) is 3.05. The van der Waals surface area contributed by atoms with Crippen molar-refractivity contribution in [1.29, 1.82) is 0 Å². The number of benzene rings is 1. The van der Waals surface area contributed by atoms with Gasteiger partial charge in [-0.15, -0.1) is 0 Å². The van der Waals surface area contributed by atoms with Gasteiger partial charge in [-0.3, -0.25) is 9.79 Å². The minimum absolute atomic E-state index is 0.155. The van der Waals surface area contributed by atoms with Gasteiger partial charge in [-0.05, 0) is 30.5 Å². The molecular formula is C17H14ClNO3. The van der Waals surface area contributed by atoms with E-state index in [0.717, 1.165) is 16.8 Å². The molecule has 0 radical (unpaired) electrons. The van der Waals surface area contributed by atoms with Gasteiger partial charge in [0.1, 0.15) is 12.4 Å². The topological polar surface area (TPSA) is 55.7 Å². The van der Waals surface area contributed by atoms with E-state index in [1.165, 1.54) is 0 Å². The normalized spacial score (nSPS) is 26.7. The third kappa shape index (κ3) is 1.87. The lowest BCUT2D eigenvalue weighted by atomic mass is 9.76. The molecule has 2 atom stereocenters. The molecule has 1 aliphatic carbocycles. The summed E-state index contributed by atoms with van der Waals surface area (Å²) in [4.78, 5) is 29.0. The number of aliphatic imine (C=N–C) groups is 1. The van der Waals surface area contributed by atoms with Crippen LogP contribution in [0.5, 0.6) is 0 Å². The summed E-state index contributed by atoms with van der Waals surface area (Å²) >= 11 is 6.11. The first-order valence-corrected chi connectivity index (χ1v) is 7.70. The molecule has 4 nitrogen and oxygen atoms in total. The highest BCUT2D eigenvalue weighted by Crippen LogP contribution is 2.46. The van der Waals surface area contributed by atoms with Crippen molar-refractivity contribution in [3.8, 4) is 0 Å². The minimum atomic E-state index is -0.352. The van der Waals surface area contributed by atoms with E-state index in [0.29, 0.717) is 29.1 Å². The SMILES string of the molecule is Cc1cc(C2C3=C(COC3=O)N=C3CCC(=O)C32)ccc1Cl. The fourth-order valence-corrected chi connectivity index (χ4v) is 3.74. The maximum Gasteiger partial charge on any atom is 0.337 e. The Morgan fingerprint density at radius 3 is 2.82 bits per heavy atom. The van der Waals surface area contributed by atoms with Crippen molar-refractivity contribution < 1.29 is 14.3 Å². The number of ether oxygens (including phenoxy) is 1. The lowest BCUT2D eigenvalue weighted by Gasteiger charge is -2.27. The largest absolute Gasteiger partial charge is 0.456 e. The Labute approximate surface area is 132 Å². The monoisotopic (exact) mass is 315 g/mol. The number of cyclic esters (lactones) is 1. The van der Waals surface area contributed by atoms with Crippen LogP contribution in [-0.2, 0) is 14.3 Å². The van der Waals surface area contributed by atoms with Crippen LogP contribution in [0.3, 0.4) is 0 Å². The van der Waals surface area contributed by atoms with Gasteiger partial charge in [0, 0.05) is 23.1 Å². The van der Waals surface area contributed by atoms with Crippen molar-refractivity contribution >= 4 is 29.1 Å². The second-order valence-corrected chi connectivity index (χ2v) is 6.38. The van der Waals surface area contributed by atoms with Crippen molar-refractivity contribution in [2.24, 2.45) is 10.9 Å². The predicted octanol–water partition coefficient (Wildman–Crippen LogP) is 2.98. The van der Waals surface area contributed by atoms with Gasteiger partial charge >= 0.3 is 5.97 Å². The molecule has 1 aromatic carbocycles. The number of hydrogen-bond acceptors (Lipinski definition) is 4. The van der Waals surface area contributed by atoms with Crippen molar-refractivity contribution in [2.45, 2.75) is 25.7 Å². The van der Waals surface area contributed by atoms with Crippen molar-refractivity contribution in [2.75, 3.05) is 6.61 Å². The first-order valence-electron chi connectivity index (χ1n) is 7.32. The van der Waals surface area contributed by atoms with E-state index >= 15 is 0 Å². The van der Waals surface area contributed by atoms with Crippen LogP contribution in [0, 0.1) is 12.8 Å². The molecule has 0 bridgehead atoms. The molecule has 1 saturated carbocycles. The predicted molar refractivity (Wildman–Crippen MR) is 82.1 cm³/mol. The van der Waals surface area contributed by atoms with Crippen molar-refractivity contribution in [3.05, 3.63) is 45.6 Å². The van der Waals surface area contributed by atoms with Crippen LogP contribution < -0.4 is 0 Å². The molecule has 1 aromatic rings. The molecule has 22 heavy (non-hydrogen) atoms. The van der Waals surface area contributed by atoms with Gasteiger partial charge in [0.25, 0.3) is 0 Å². The molecule has 0 N–H and O–H groups in total. The van der Waals surface area contributed by atoms with Crippen LogP contribution in [0.25, 0.3) is 0 Å². The maximum atomic E-state index is 12.4. The number of fused-ring (bicyclic) bond motifs is 1. The Kier molecular flexibility index (Phi) is 2.98. The molecule has 4 rings (SSSR count). The molecule has 2 unspecified atom stereocenters. The number of carbonyl (C=O) groups is 2. The zero-order valence-electron chi connectivity index (χ0n) is 12.1. The Balaban J connectivity index is 1.90. The van der Waals surface area contributed by atoms with Crippen LogP contribution >= 0.6 is 11.6 Å². The molecule has 2 heterocycles. The van der Waals surface area contributed by atoms with Gasteiger partial charge in [0.05, 0.1) is 17.2 Å². The third-order valence-electron chi connectivity index (χ3n) is 4.67. The fraction of sp³-hybridized carbons (Fsp3) is 0.353. The molecular weight excluding hydrogens is 302 g/mol. The number of carbonyl (C=O) groups excluding carboxylic acids is 2. The number of hydrogen-bond donors (Lipinski definition) is 0. The molecule has 0 aromatic heterocycles. The zero-order chi connectivity index (χ0) is 15.4. The van der Waals surface area contributed by atoms with E-state index < -0.39 is 0 Å². The maximum absolute atomic E-state index is 12.4. The Morgan fingerprint density at radius 2 is 2.05 bits per heavy atom. The molecule has 0 amide bonds. The molecule has 0 spiro atoms. The second-order valence-electron chi connectivity index (χ2n) is 5.97. The van der Waals surface area contributed by atoms with Gasteiger partial charge in [0.15, 0.2) is 0 Å². The summed E-state index contributed by atoms with van der Waals surface area (Å²) in [6, 6.07) is 5.67. The van der Waals surface area contributed by atoms with E-state index in [4.69, 9.17) is 16.3 Å². The third-order valence-corrected chi connectivity index (χ3v) is 5.09. The highest BCUT2D eigenvalue weighted by molar-refractivity contribution is 6.31. The molecule has 2 aliphatic heterocycles. The van der Waals surface area contributed by atoms with Crippen LogP contribution in [0.4, 0.5) is 0 Å². The van der Waals surface area contributed by atoms with Crippen molar-refractivity contribution in [1.82, 2.24) is 0 Å². The minimum Gasteiger partial charge on any atom is -0.456 e. The zero-order valence-corrected chi connectivity index (χ0v) is 12.8. The number of nitrogens with zero attached hydrogens (tertiary/aromatic N) is 1. The summed E-state index contributed by atoms with van der Waals surface area (Å²) in [6.45, 7) is 2.13. The second kappa shape index (κ2) is 4.78. The summed E-state index contributed by atoms with van der Waals surface area (Å²) in [5.41, 5.74) is 3.98. The Bertz CT molecular complexity index is 778. The number of esters is 1. The van der Waals surface area contributed by atoms with E-state index in [2.05, 4.69) is 4.99 Å². The molecule has 112 valence electrons. The van der Waals surface area contributed by atoms with Gasteiger partial charge in [0.2, 0.25) is 0 Å². The number of halogens is 1. The summed E-state index contributed by atoms with van der Waals surface area (Å²) < 4.78 is 5.15. The summed E-state index contributed by atoms with van der Waals surface area (Å²) in [7, 11) is 0. The quantitative estimate of drug-likeness (QED) is 0.749. The molecule has 5 heteroatoms. The smallest absolute Gasteiger partial charge is 0.337 e. The average molecular weight is 316 g/mol. The summed E-state index contributed by atoms with van der Waals surface area (Å²) in [5, 5.41) is 0.675. The Hall–Kier alpha value is -1.94. The number of rotatable bonds is 1. The van der Waals surface area contributed by atoms with E-state index in [1.807, 2.05) is 25.1 Å². The van der Waals surface area contributed by atoms with E-state index in [9.17, 15) is 9.59 Å². The first-order chi connectivity index (χ1) is 10.6. The van der Waals surface area contributed by atoms with E-state index in [1.54, 1.807) is 0 Å². The Morgan fingerprint density at radius 1 is 1.23 bits per heavy atom. The van der Waals surface area contributed by atoms with Crippen molar-refractivity contribution in [3.63, 3.8) is 0 Å². The molecule has 1 fully saturated rings. The molecule has 0 saturated heterocycles. The first kappa shape index (κ1) is 13.7. The van der Waals surface area contributed by atoms with Crippen LogP contribution in [-0.4, -0.2) is 24.1 Å². The lowest BCUT2D eigenvalue weighted by Crippen LogP contribution is -2.29. The summed E-state index contributed by atoms with van der Waals surface area (Å²) in [6.07, 6.45) is 1.18. The number of aryl methyl sites for hydroxylation is 1.